The summed E-state index contributed by atoms with van der Waals surface area (Å²) in [7, 11) is 1.63. The highest BCUT2D eigenvalue weighted by Crippen LogP contribution is 2.39. The number of carboxylic acids is 1. The van der Waals surface area contributed by atoms with Crippen molar-refractivity contribution in [1.82, 2.24) is 0 Å². The van der Waals surface area contributed by atoms with Crippen molar-refractivity contribution in [1.29, 1.82) is 0 Å². The average molecular weight is 303 g/mol. The summed E-state index contributed by atoms with van der Waals surface area (Å²) in [5.41, 5.74) is 3.34. The molecule has 2 aliphatic rings. The molecule has 0 spiro atoms. The molecule has 3 rings (SSSR count). The minimum atomic E-state index is -0.962. The maximum absolute atomic E-state index is 11.5. The lowest BCUT2D eigenvalue weighted by Crippen LogP contribution is -2.23. The second-order valence-electron chi connectivity index (χ2n) is 6.30. The van der Waals surface area contributed by atoms with Crippen molar-refractivity contribution < 1.29 is 19.4 Å². The first kappa shape index (κ1) is 15.0. The van der Waals surface area contributed by atoms with Gasteiger partial charge in [0.25, 0.3) is 0 Å². The summed E-state index contributed by atoms with van der Waals surface area (Å²) in [6.07, 6.45) is 3.25. The zero-order chi connectivity index (χ0) is 15.9. The Morgan fingerprint density at radius 3 is 2.86 bits per heavy atom. The Hall–Kier alpha value is -1.88. The van der Waals surface area contributed by atoms with Gasteiger partial charge in [-0.3, -0.25) is 4.99 Å². The number of benzene rings is 1. The van der Waals surface area contributed by atoms with E-state index in [-0.39, 0.29) is 17.7 Å². The average Bonchev–Trinajstić information content (AvgIpc) is 2.89. The number of hydrogen-bond acceptors (Lipinski definition) is 4. The number of aliphatic imine (C=N–C) groups is 1. The summed E-state index contributed by atoms with van der Waals surface area (Å²) in [5.74, 6) is 0.0129. The molecule has 0 saturated carbocycles. The van der Waals surface area contributed by atoms with Gasteiger partial charge < -0.3 is 14.6 Å². The van der Waals surface area contributed by atoms with Crippen LogP contribution in [0.4, 0.5) is 0 Å². The van der Waals surface area contributed by atoms with Crippen LogP contribution in [0.15, 0.2) is 11.1 Å². The molecule has 2 atom stereocenters. The monoisotopic (exact) mass is 303 g/mol. The number of carbonyl (C=O) groups is 1. The molecule has 0 fully saturated rings. The largest absolute Gasteiger partial charge is 0.486 e. The number of hydrogen-bond donors (Lipinski definition) is 1. The lowest BCUT2D eigenvalue weighted by atomic mass is 9.86. The zero-order valence-corrected chi connectivity index (χ0v) is 13.1. The van der Waals surface area contributed by atoms with Gasteiger partial charge in [0.1, 0.15) is 17.4 Å². The van der Waals surface area contributed by atoms with E-state index in [2.05, 4.69) is 18.8 Å². The molecule has 1 aromatic rings. The fraction of sp³-hybridized carbons (Fsp3) is 0.529. The van der Waals surface area contributed by atoms with Gasteiger partial charge in [-0.05, 0) is 29.5 Å². The van der Waals surface area contributed by atoms with Gasteiger partial charge in [0.2, 0.25) is 0 Å². The van der Waals surface area contributed by atoms with Crippen molar-refractivity contribution in [2.75, 3.05) is 13.7 Å². The summed E-state index contributed by atoms with van der Waals surface area (Å²) >= 11 is 0. The van der Waals surface area contributed by atoms with E-state index >= 15 is 0 Å². The van der Waals surface area contributed by atoms with Gasteiger partial charge in [-0.25, -0.2) is 4.79 Å². The van der Waals surface area contributed by atoms with Crippen LogP contribution in [0, 0.1) is 5.92 Å². The molecule has 0 bridgehead atoms. The van der Waals surface area contributed by atoms with Gasteiger partial charge in [0, 0.05) is 25.3 Å². The second kappa shape index (κ2) is 5.72. The standard InChI is InChI=1S/C17H21NO4/c1-9(2)15-6-12-10(7-18-15)4-14(17(19)20)16-13(12)5-11(22-16)8-21-3/h4,7,9,11,15H,5-6,8H2,1-3H3,(H,19,20). The number of nitrogens with zero attached hydrogens (tertiary/aromatic N) is 1. The number of aromatic carboxylic acids is 1. The Morgan fingerprint density at radius 1 is 1.45 bits per heavy atom. The summed E-state index contributed by atoms with van der Waals surface area (Å²) in [4.78, 5) is 16.1. The summed E-state index contributed by atoms with van der Waals surface area (Å²) < 4.78 is 11.0. The number of carboxylic acid groups (broad SMARTS) is 1. The van der Waals surface area contributed by atoms with Gasteiger partial charge in [-0.2, -0.15) is 0 Å². The highest BCUT2D eigenvalue weighted by molar-refractivity contribution is 5.96. The molecule has 0 aromatic heterocycles. The fourth-order valence-corrected chi connectivity index (χ4v) is 3.21. The normalized spacial score (nSPS) is 22.4. The molecule has 1 N–H and O–H groups in total. The summed E-state index contributed by atoms with van der Waals surface area (Å²) in [6, 6.07) is 1.93. The van der Waals surface area contributed by atoms with Gasteiger partial charge in [-0.15, -0.1) is 0 Å². The van der Waals surface area contributed by atoms with Crippen molar-refractivity contribution in [3.05, 3.63) is 28.3 Å². The van der Waals surface area contributed by atoms with E-state index in [1.807, 2.05) is 6.21 Å². The first-order valence-corrected chi connectivity index (χ1v) is 7.62. The van der Waals surface area contributed by atoms with Crippen molar-refractivity contribution in [3.63, 3.8) is 0 Å². The second-order valence-corrected chi connectivity index (χ2v) is 6.30. The molecule has 0 saturated heterocycles. The number of fused-ring (bicyclic) bond motifs is 3. The van der Waals surface area contributed by atoms with Gasteiger partial charge >= 0.3 is 5.97 Å². The SMILES string of the molecule is COCC1Cc2c3c(cc(C(=O)O)c2O1)C=NC(C(C)C)C3. The van der Waals surface area contributed by atoms with Crippen LogP contribution in [0.2, 0.25) is 0 Å². The first-order chi connectivity index (χ1) is 10.5. The van der Waals surface area contributed by atoms with Crippen LogP contribution in [0.1, 0.15) is 40.9 Å². The van der Waals surface area contributed by atoms with Gasteiger partial charge in [0.15, 0.2) is 0 Å². The Kier molecular flexibility index (Phi) is 3.91. The van der Waals surface area contributed by atoms with Crippen LogP contribution in [0.25, 0.3) is 0 Å². The molecule has 1 aromatic carbocycles. The topological polar surface area (TPSA) is 68.1 Å². The number of methoxy groups -OCH3 is 1. The Balaban J connectivity index is 2.06. The quantitative estimate of drug-likeness (QED) is 0.927. The lowest BCUT2D eigenvalue weighted by Gasteiger charge is -2.24. The predicted octanol–water partition coefficient (Wildman–Crippen LogP) is 2.33. The molecule has 0 aliphatic carbocycles. The van der Waals surface area contributed by atoms with Crippen LogP contribution in [-0.2, 0) is 17.6 Å². The molecule has 0 amide bonds. The van der Waals surface area contributed by atoms with Gasteiger partial charge in [-0.1, -0.05) is 13.8 Å². The van der Waals surface area contributed by atoms with Crippen molar-refractivity contribution >= 4 is 12.2 Å². The molecule has 5 nitrogen and oxygen atoms in total. The third-order valence-corrected chi connectivity index (χ3v) is 4.42. The molecule has 2 unspecified atom stereocenters. The van der Waals surface area contributed by atoms with Crippen LogP contribution in [-0.4, -0.2) is 43.2 Å². The van der Waals surface area contributed by atoms with Crippen molar-refractivity contribution in [2.24, 2.45) is 10.9 Å². The molecular weight excluding hydrogens is 282 g/mol. The first-order valence-electron chi connectivity index (χ1n) is 7.62. The van der Waals surface area contributed by atoms with E-state index in [1.54, 1.807) is 13.2 Å². The molecule has 22 heavy (non-hydrogen) atoms. The zero-order valence-electron chi connectivity index (χ0n) is 13.1. The number of ether oxygens (including phenoxy) is 2. The summed E-state index contributed by atoms with van der Waals surface area (Å²) in [6.45, 7) is 4.77. The molecular formula is C17H21NO4. The number of rotatable bonds is 4. The predicted molar refractivity (Wildman–Crippen MR) is 83.3 cm³/mol. The molecule has 2 heterocycles. The minimum absolute atomic E-state index is 0.110. The van der Waals surface area contributed by atoms with Crippen LogP contribution >= 0.6 is 0 Å². The van der Waals surface area contributed by atoms with E-state index in [9.17, 15) is 9.90 Å². The Labute approximate surface area is 130 Å². The van der Waals surface area contributed by atoms with Crippen LogP contribution in [0.5, 0.6) is 5.75 Å². The molecule has 2 aliphatic heterocycles. The Morgan fingerprint density at radius 2 is 2.23 bits per heavy atom. The maximum atomic E-state index is 11.5. The maximum Gasteiger partial charge on any atom is 0.339 e. The van der Waals surface area contributed by atoms with E-state index in [0.29, 0.717) is 24.7 Å². The van der Waals surface area contributed by atoms with Crippen molar-refractivity contribution in [2.45, 2.75) is 38.8 Å². The molecule has 5 heteroatoms. The molecule has 0 radical (unpaired) electrons. The highest BCUT2D eigenvalue weighted by Gasteiger charge is 2.33. The summed E-state index contributed by atoms with van der Waals surface area (Å²) in [5, 5.41) is 9.45. The van der Waals surface area contributed by atoms with E-state index in [4.69, 9.17) is 9.47 Å². The minimum Gasteiger partial charge on any atom is -0.486 e. The Bertz CT molecular complexity index is 636. The third kappa shape index (κ3) is 2.50. The molecule has 118 valence electrons. The highest BCUT2D eigenvalue weighted by atomic mass is 16.5. The van der Waals surface area contributed by atoms with E-state index in [0.717, 1.165) is 17.5 Å². The lowest BCUT2D eigenvalue weighted by molar-refractivity contribution is 0.0680. The van der Waals surface area contributed by atoms with Crippen LogP contribution < -0.4 is 4.74 Å². The third-order valence-electron chi connectivity index (χ3n) is 4.42. The van der Waals surface area contributed by atoms with Gasteiger partial charge in [0.05, 0.1) is 12.6 Å². The van der Waals surface area contributed by atoms with Crippen molar-refractivity contribution in [3.8, 4) is 5.75 Å². The smallest absolute Gasteiger partial charge is 0.339 e. The van der Waals surface area contributed by atoms with Crippen LogP contribution in [0.3, 0.4) is 0 Å². The van der Waals surface area contributed by atoms with E-state index in [1.165, 1.54) is 5.56 Å². The van der Waals surface area contributed by atoms with E-state index < -0.39 is 5.97 Å². The fourth-order valence-electron chi connectivity index (χ4n) is 3.21.